The van der Waals surface area contributed by atoms with Crippen molar-refractivity contribution < 1.29 is 0 Å². The Morgan fingerprint density at radius 1 is 1.03 bits per heavy atom. The maximum Gasteiger partial charge on any atom is 0.253 e. The normalized spacial score (nSPS) is 19.5. The first-order valence-electron chi connectivity index (χ1n) is 11.3. The number of rotatable bonds is 4. The van der Waals surface area contributed by atoms with Crippen LogP contribution in [0, 0.1) is 13.8 Å². The Morgan fingerprint density at radius 2 is 1.77 bits per heavy atom. The van der Waals surface area contributed by atoms with Gasteiger partial charge in [-0.3, -0.25) is 9.69 Å². The van der Waals surface area contributed by atoms with E-state index in [1.54, 1.807) is 0 Å². The van der Waals surface area contributed by atoms with E-state index in [2.05, 4.69) is 50.5 Å². The lowest BCUT2D eigenvalue weighted by Gasteiger charge is -2.29. The Bertz CT molecular complexity index is 1100. The second-order valence-corrected chi connectivity index (χ2v) is 8.96. The summed E-state index contributed by atoms with van der Waals surface area (Å²) >= 11 is 0. The predicted octanol–water partition coefficient (Wildman–Crippen LogP) is 3.82. The maximum atomic E-state index is 13.3. The van der Waals surface area contributed by atoms with Gasteiger partial charge in [0.1, 0.15) is 6.04 Å². The zero-order valence-corrected chi connectivity index (χ0v) is 17.9. The number of hydrogen-bond acceptors (Lipinski definition) is 5. The molecule has 2 fully saturated rings. The van der Waals surface area contributed by atoms with E-state index in [-0.39, 0.29) is 11.6 Å². The number of H-pyrrole nitrogens is 1. The molecule has 158 valence electrons. The molecule has 5 rings (SSSR count). The molecule has 7 nitrogen and oxygen atoms in total. The van der Waals surface area contributed by atoms with Crippen LogP contribution in [0.15, 0.2) is 23.0 Å². The second kappa shape index (κ2) is 7.95. The standard InChI is InChI=1S/C23H30N6O/c1-15-10-11-16(2)20-18(15)14-19(23(30)24-20)21(28-12-6-7-13-28)22-25-26-27-29(22)17-8-4-3-5-9-17/h10-11,14,17,21H,3-9,12-13H2,1-2H3,(H,24,30). The summed E-state index contributed by atoms with van der Waals surface area (Å²) in [6.07, 6.45) is 8.22. The molecule has 0 spiro atoms. The molecule has 7 heteroatoms. The van der Waals surface area contributed by atoms with Crippen molar-refractivity contribution in [1.82, 2.24) is 30.1 Å². The summed E-state index contributed by atoms with van der Waals surface area (Å²) in [5.74, 6) is 0.818. The summed E-state index contributed by atoms with van der Waals surface area (Å²) in [4.78, 5) is 18.9. The minimum Gasteiger partial charge on any atom is -0.321 e. The van der Waals surface area contributed by atoms with Gasteiger partial charge in [-0.2, -0.15) is 0 Å². The van der Waals surface area contributed by atoms with Crippen LogP contribution in [0.4, 0.5) is 0 Å². The van der Waals surface area contributed by atoms with Gasteiger partial charge >= 0.3 is 0 Å². The fourth-order valence-corrected chi connectivity index (χ4v) is 5.26. The maximum absolute atomic E-state index is 13.3. The highest BCUT2D eigenvalue weighted by Crippen LogP contribution is 2.34. The number of aryl methyl sites for hydroxylation is 2. The first-order valence-corrected chi connectivity index (χ1v) is 11.3. The van der Waals surface area contributed by atoms with E-state index in [4.69, 9.17) is 0 Å². The Morgan fingerprint density at radius 3 is 2.53 bits per heavy atom. The van der Waals surface area contributed by atoms with E-state index in [0.717, 1.165) is 66.6 Å². The number of pyridine rings is 1. The Hall–Kier alpha value is -2.54. The Labute approximate surface area is 176 Å². The number of fused-ring (bicyclic) bond motifs is 1. The molecule has 0 radical (unpaired) electrons. The van der Waals surface area contributed by atoms with Crippen molar-refractivity contribution in [2.75, 3.05) is 13.1 Å². The first-order chi connectivity index (χ1) is 14.6. The van der Waals surface area contributed by atoms with Crippen LogP contribution in [0.2, 0.25) is 0 Å². The second-order valence-electron chi connectivity index (χ2n) is 8.96. The number of likely N-dealkylation sites (tertiary alicyclic amines) is 1. The SMILES string of the molecule is Cc1ccc(C)c2[nH]c(=O)c(C(c3nnnn3C3CCCCC3)N3CCCC3)cc12. The van der Waals surface area contributed by atoms with Crippen LogP contribution < -0.4 is 5.56 Å². The number of aromatic nitrogens is 5. The third-order valence-corrected chi connectivity index (χ3v) is 6.96. The number of nitrogens with one attached hydrogen (secondary N) is 1. The molecule has 1 atom stereocenters. The first kappa shape index (κ1) is 19.4. The van der Waals surface area contributed by atoms with Crippen molar-refractivity contribution >= 4 is 10.9 Å². The predicted molar refractivity (Wildman–Crippen MR) is 117 cm³/mol. The van der Waals surface area contributed by atoms with Gasteiger partial charge in [-0.1, -0.05) is 31.4 Å². The molecule has 2 aliphatic rings. The molecule has 0 amide bonds. The van der Waals surface area contributed by atoms with Crippen molar-refractivity contribution in [1.29, 1.82) is 0 Å². The van der Waals surface area contributed by atoms with Gasteiger partial charge in [-0.05, 0) is 80.2 Å². The van der Waals surface area contributed by atoms with Gasteiger partial charge < -0.3 is 4.98 Å². The Kier molecular flexibility index (Phi) is 5.15. The summed E-state index contributed by atoms with van der Waals surface area (Å²) < 4.78 is 2.02. The minimum atomic E-state index is -0.211. The highest BCUT2D eigenvalue weighted by atomic mass is 16.1. The van der Waals surface area contributed by atoms with Crippen molar-refractivity contribution in [3.8, 4) is 0 Å². The van der Waals surface area contributed by atoms with Gasteiger partial charge in [0.2, 0.25) is 0 Å². The lowest BCUT2D eigenvalue weighted by atomic mass is 9.95. The van der Waals surface area contributed by atoms with E-state index < -0.39 is 0 Å². The molecule has 1 unspecified atom stereocenters. The largest absolute Gasteiger partial charge is 0.321 e. The van der Waals surface area contributed by atoms with E-state index >= 15 is 0 Å². The number of hydrogen-bond donors (Lipinski definition) is 1. The molecule has 1 N–H and O–H groups in total. The number of aromatic amines is 1. The molecule has 1 saturated heterocycles. The molecule has 0 bridgehead atoms. The highest BCUT2D eigenvalue weighted by molar-refractivity contribution is 5.85. The molecule has 3 heterocycles. The summed E-state index contributed by atoms with van der Waals surface area (Å²) in [5.41, 5.74) is 3.90. The lowest BCUT2D eigenvalue weighted by molar-refractivity contribution is 0.243. The van der Waals surface area contributed by atoms with Crippen LogP contribution in [-0.2, 0) is 0 Å². The third kappa shape index (κ3) is 3.35. The van der Waals surface area contributed by atoms with Crippen LogP contribution in [0.25, 0.3) is 10.9 Å². The summed E-state index contributed by atoms with van der Waals surface area (Å²) in [6.45, 7) is 6.07. The summed E-state index contributed by atoms with van der Waals surface area (Å²) in [7, 11) is 0. The van der Waals surface area contributed by atoms with Crippen LogP contribution in [-0.4, -0.2) is 43.2 Å². The molecule has 2 aromatic heterocycles. The molecule has 1 saturated carbocycles. The van der Waals surface area contributed by atoms with E-state index in [9.17, 15) is 4.79 Å². The quantitative estimate of drug-likeness (QED) is 0.712. The molecule has 30 heavy (non-hydrogen) atoms. The fraction of sp³-hybridized carbons (Fsp3) is 0.565. The van der Waals surface area contributed by atoms with Gasteiger partial charge in [-0.25, -0.2) is 4.68 Å². The monoisotopic (exact) mass is 406 g/mol. The highest BCUT2D eigenvalue weighted by Gasteiger charge is 2.34. The van der Waals surface area contributed by atoms with Crippen LogP contribution in [0.1, 0.15) is 79.5 Å². The van der Waals surface area contributed by atoms with Crippen molar-refractivity contribution in [2.24, 2.45) is 0 Å². The van der Waals surface area contributed by atoms with Gasteiger partial charge in [0.05, 0.1) is 11.6 Å². The van der Waals surface area contributed by atoms with Gasteiger partial charge in [0, 0.05) is 10.9 Å². The Balaban J connectivity index is 1.67. The molecular weight excluding hydrogens is 376 g/mol. The zero-order valence-electron chi connectivity index (χ0n) is 17.9. The van der Waals surface area contributed by atoms with Gasteiger partial charge in [-0.15, -0.1) is 5.10 Å². The average Bonchev–Trinajstić information content (AvgIpc) is 3.45. The lowest BCUT2D eigenvalue weighted by Crippen LogP contribution is -2.34. The number of tetrazole rings is 1. The van der Waals surface area contributed by atoms with Crippen LogP contribution in [0.3, 0.4) is 0 Å². The van der Waals surface area contributed by atoms with E-state index in [1.807, 2.05) is 11.6 Å². The minimum absolute atomic E-state index is 0.0358. The number of benzene rings is 1. The van der Waals surface area contributed by atoms with Gasteiger partial charge in [0.25, 0.3) is 5.56 Å². The van der Waals surface area contributed by atoms with Crippen LogP contribution >= 0.6 is 0 Å². The molecule has 1 aliphatic carbocycles. The van der Waals surface area contributed by atoms with Crippen molar-refractivity contribution in [3.63, 3.8) is 0 Å². The fourth-order valence-electron chi connectivity index (χ4n) is 5.26. The van der Waals surface area contributed by atoms with E-state index in [0.29, 0.717) is 6.04 Å². The third-order valence-electron chi connectivity index (χ3n) is 6.96. The smallest absolute Gasteiger partial charge is 0.253 e. The van der Waals surface area contributed by atoms with Crippen LogP contribution in [0.5, 0.6) is 0 Å². The molecule has 1 aliphatic heterocycles. The van der Waals surface area contributed by atoms with E-state index in [1.165, 1.54) is 24.8 Å². The van der Waals surface area contributed by atoms with Crippen molar-refractivity contribution in [3.05, 3.63) is 51.1 Å². The molecule has 3 aromatic rings. The summed E-state index contributed by atoms with van der Waals surface area (Å²) in [5, 5.41) is 14.0. The summed E-state index contributed by atoms with van der Waals surface area (Å²) in [6, 6.07) is 6.39. The zero-order chi connectivity index (χ0) is 20.7. The van der Waals surface area contributed by atoms with Gasteiger partial charge in [0.15, 0.2) is 5.82 Å². The average molecular weight is 407 g/mol. The molecular formula is C23H30N6O. The van der Waals surface area contributed by atoms with Crippen molar-refractivity contribution in [2.45, 2.75) is 70.9 Å². The topological polar surface area (TPSA) is 79.7 Å². The molecule has 1 aromatic carbocycles. The number of nitrogens with zero attached hydrogens (tertiary/aromatic N) is 5.